The first-order valence-electron chi connectivity index (χ1n) is 36.8. The molecule has 6 aromatic heterocycles. The number of alkyl halides is 1. The molecule has 0 radical (unpaired) electrons. The van der Waals surface area contributed by atoms with Gasteiger partial charge < -0.3 is 26.5 Å². The van der Waals surface area contributed by atoms with Gasteiger partial charge in [0.2, 0.25) is 46.3 Å². The molecule has 0 amide bonds. The topological polar surface area (TPSA) is 386 Å². The SMILES string of the molecule is C.CC(=O)c1cc2c(o1)C(=O)c1cc(Cl)ccc1C2=O.CC(=O)c1cc2c(o1)C(=O)c1cc(F)ccc1C2=O.CC(=O)c1cc2c(o1)C(=O)c1ccccc1C2=O.CC(=O)c1oc2c(c1CBr)C(=O)c1ccccc1C2=O.O=C(c1ccccc1)c1cc2c(o1)C(=O)c1cc(Br)ccc1C2=O.O=C(c1ccccc1)c1cc2c(o1)C(=O)c1cc(F)ccc1C2=O. The zero-order chi connectivity index (χ0) is 88.5. The van der Waals surface area contributed by atoms with E-state index in [1.807, 2.05) is 0 Å². The highest BCUT2D eigenvalue weighted by molar-refractivity contribution is 9.10. The number of carbonyl (C=O) groups is 18. The van der Waals surface area contributed by atoms with Crippen LogP contribution in [0.15, 0.2) is 243 Å². The van der Waals surface area contributed by atoms with E-state index in [1.54, 1.807) is 133 Å². The number of rotatable bonds is 9. The first-order valence-corrected chi connectivity index (χ1v) is 39.1. The number of ketones is 18. The number of benzene rings is 8. The van der Waals surface area contributed by atoms with Gasteiger partial charge in [0.1, 0.15) is 11.6 Å². The molecule has 0 unspecified atom stereocenters. The van der Waals surface area contributed by atoms with Crippen LogP contribution in [0.25, 0.3) is 0 Å². The van der Waals surface area contributed by atoms with Crippen molar-refractivity contribution in [2.45, 2.75) is 40.5 Å². The lowest BCUT2D eigenvalue weighted by Gasteiger charge is -2.13. The van der Waals surface area contributed by atoms with Gasteiger partial charge in [0.25, 0.3) is 0 Å². The average molecular weight is 1820 g/mol. The van der Waals surface area contributed by atoms with Crippen LogP contribution in [-0.4, -0.2) is 104 Å². The number of halogens is 5. The molecule has 0 bridgehead atoms. The predicted molar refractivity (Wildman–Crippen MR) is 444 cm³/mol. The lowest BCUT2D eigenvalue weighted by molar-refractivity contribution is 0.0943. The molecule has 0 N–H and O–H groups in total. The molecule has 29 heteroatoms. The zero-order valence-electron chi connectivity index (χ0n) is 64.1. The quantitative estimate of drug-likeness (QED) is 0.0956. The Balaban J connectivity index is 0.000000122. The monoisotopic (exact) mass is 1820 g/mol. The van der Waals surface area contributed by atoms with Crippen molar-refractivity contribution in [3.05, 3.63) is 419 Å². The summed E-state index contributed by atoms with van der Waals surface area (Å²) < 4.78 is 58.9. The van der Waals surface area contributed by atoms with Crippen LogP contribution in [0.1, 0.15) is 307 Å². The summed E-state index contributed by atoms with van der Waals surface area (Å²) in [5.41, 5.74) is 4.51. The van der Waals surface area contributed by atoms with Crippen molar-refractivity contribution in [1.82, 2.24) is 0 Å². The van der Waals surface area contributed by atoms with Crippen molar-refractivity contribution in [3.63, 3.8) is 0 Å². The molecule has 0 fully saturated rings. The number of Topliss-reactive ketones (excluding diaryl/α,β-unsaturated/α-hetero) is 4. The second-order valence-corrected chi connectivity index (χ2v) is 29.8. The maximum atomic E-state index is 13.4. The van der Waals surface area contributed by atoms with Gasteiger partial charge in [0.15, 0.2) is 127 Å². The molecule has 8 aromatic carbocycles. The third-order valence-corrected chi connectivity index (χ3v) is 21.4. The summed E-state index contributed by atoms with van der Waals surface area (Å²) in [7, 11) is 0. The molecule has 125 heavy (non-hydrogen) atoms. The summed E-state index contributed by atoms with van der Waals surface area (Å²) in [4.78, 5) is 218. The standard InChI is InChI=1S/C19H9BrO4.C19H9FO4.C15H9BrO4.C14H7ClO4.C14H7FO4.C14H8O4.CH4/c2*20-11-6-7-12-13(8-11)18(23)19-14(17(12)22)9-15(24-19)16(21)10-4-2-1-3-5-10;1-7(17)14-10(6-16)11-12(18)8-4-2-3-5-9(8)13(19)15(11)20-14;2*1-6(16)11-5-10-12(17)8-3-2-7(15)4-9(8)13(18)14(10)19-11;1-7(15)11-6-10-12(16)8-4-2-3-5-9(8)13(17)14(10)18-11;/h2*1-9H;2-5H,6H2,1H3;2*2-5H,1H3;2-6H,1H3;1H4. The molecule has 6 heterocycles. The van der Waals surface area contributed by atoms with E-state index >= 15 is 0 Å². The summed E-state index contributed by atoms with van der Waals surface area (Å²) in [6, 6.07) is 52.7. The molecule has 14 aromatic rings. The van der Waals surface area contributed by atoms with E-state index in [9.17, 15) is 95.1 Å². The minimum atomic E-state index is -0.620. The van der Waals surface area contributed by atoms with E-state index in [1.165, 1.54) is 82.3 Å². The highest BCUT2D eigenvalue weighted by atomic mass is 79.9. The van der Waals surface area contributed by atoms with Crippen LogP contribution in [0.2, 0.25) is 5.02 Å². The average Bonchev–Trinajstić information content (AvgIpc) is 1.63. The molecule has 24 nitrogen and oxygen atoms in total. The number of furan rings is 6. The summed E-state index contributed by atoms with van der Waals surface area (Å²) in [5.74, 6) is -8.93. The molecule has 0 saturated carbocycles. The van der Waals surface area contributed by atoms with Gasteiger partial charge in [0.05, 0.1) is 33.4 Å². The van der Waals surface area contributed by atoms with Crippen LogP contribution < -0.4 is 0 Å². The summed E-state index contributed by atoms with van der Waals surface area (Å²) >= 11 is 12.4. The van der Waals surface area contributed by atoms with E-state index in [-0.39, 0.29) is 218 Å². The number of hydrogen-bond acceptors (Lipinski definition) is 24. The zero-order valence-corrected chi connectivity index (χ0v) is 68.0. The van der Waals surface area contributed by atoms with E-state index in [4.69, 9.17) is 38.1 Å². The van der Waals surface area contributed by atoms with Gasteiger partial charge in [-0.25, -0.2) is 8.78 Å². The molecule has 616 valence electrons. The Bertz CT molecular complexity index is 6860. The van der Waals surface area contributed by atoms with Crippen LogP contribution in [-0.2, 0) is 5.33 Å². The molecular weight excluding hydrogens is 1770 g/mol. The second-order valence-electron chi connectivity index (χ2n) is 27.9. The van der Waals surface area contributed by atoms with E-state index in [0.29, 0.717) is 54.0 Å². The van der Waals surface area contributed by atoms with Crippen LogP contribution in [0.4, 0.5) is 8.78 Å². The van der Waals surface area contributed by atoms with Gasteiger partial charge in [0, 0.05) is 126 Å². The van der Waals surface area contributed by atoms with Crippen LogP contribution in [0.5, 0.6) is 0 Å². The van der Waals surface area contributed by atoms with Crippen molar-refractivity contribution < 1.29 is 122 Å². The van der Waals surface area contributed by atoms with Gasteiger partial charge in [-0.05, 0) is 103 Å². The van der Waals surface area contributed by atoms with Crippen LogP contribution >= 0.6 is 43.5 Å². The fourth-order valence-corrected chi connectivity index (χ4v) is 15.2. The van der Waals surface area contributed by atoms with Crippen LogP contribution in [0, 0.1) is 11.6 Å². The number of carbonyl (C=O) groups excluding carboxylic acids is 18. The first-order chi connectivity index (χ1) is 59.2. The van der Waals surface area contributed by atoms with Crippen molar-refractivity contribution in [2.75, 3.05) is 0 Å². The Hall–Kier alpha value is -15.4. The highest BCUT2D eigenvalue weighted by Gasteiger charge is 2.42. The van der Waals surface area contributed by atoms with Gasteiger partial charge in [-0.2, -0.15) is 0 Å². The summed E-state index contributed by atoms with van der Waals surface area (Å²) in [6.07, 6.45) is 0. The minimum Gasteiger partial charge on any atom is -0.449 e. The largest absolute Gasteiger partial charge is 0.449 e. The van der Waals surface area contributed by atoms with Crippen molar-refractivity contribution in [3.8, 4) is 0 Å². The summed E-state index contributed by atoms with van der Waals surface area (Å²) in [5, 5.41) is 0.642. The van der Waals surface area contributed by atoms with Gasteiger partial charge in [-0.1, -0.05) is 160 Å². The van der Waals surface area contributed by atoms with Gasteiger partial charge in [-0.15, -0.1) is 0 Å². The molecule has 0 aliphatic heterocycles. The third-order valence-electron chi connectivity index (χ3n) is 20.1. The number of hydrogen-bond donors (Lipinski definition) is 0. The lowest BCUT2D eigenvalue weighted by atomic mass is 9.86. The lowest BCUT2D eigenvalue weighted by Crippen LogP contribution is -2.20. The molecule has 6 aliphatic carbocycles. The van der Waals surface area contributed by atoms with Crippen molar-refractivity contribution >= 4 is 148 Å². The fourth-order valence-electron chi connectivity index (χ4n) is 14.1. The maximum absolute atomic E-state index is 13.4. The Labute approximate surface area is 724 Å². The molecule has 0 spiro atoms. The second kappa shape index (κ2) is 34.3. The van der Waals surface area contributed by atoms with E-state index < -0.39 is 52.1 Å². The highest BCUT2D eigenvalue weighted by Crippen LogP contribution is 2.39. The van der Waals surface area contributed by atoms with Gasteiger partial charge >= 0.3 is 0 Å². The Morgan fingerprint density at radius 3 is 0.920 bits per heavy atom. The fraction of sp³-hybridized carbons (Fsp3) is 0.0625. The van der Waals surface area contributed by atoms with Gasteiger partial charge in [-0.3, -0.25) is 86.3 Å². The number of fused-ring (bicyclic) bond motifs is 12. The predicted octanol–water partition coefficient (Wildman–Crippen LogP) is 18.8. The minimum absolute atomic E-state index is 0. The Kier molecular flexibility index (Phi) is 23.6. The first kappa shape index (κ1) is 86.0. The molecule has 0 atom stereocenters. The van der Waals surface area contributed by atoms with Crippen molar-refractivity contribution in [1.29, 1.82) is 0 Å². The van der Waals surface area contributed by atoms with Crippen LogP contribution in [0.3, 0.4) is 0 Å². The van der Waals surface area contributed by atoms with E-state index in [2.05, 4.69) is 31.9 Å². The maximum Gasteiger partial charge on any atom is 0.229 e. The smallest absolute Gasteiger partial charge is 0.229 e. The molecule has 6 aliphatic rings. The normalized spacial score (nSPS) is 12.9. The van der Waals surface area contributed by atoms with E-state index in [0.717, 1.165) is 24.3 Å². The molecule has 20 rings (SSSR count). The third kappa shape index (κ3) is 15.7. The summed E-state index contributed by atoms with van der Waals surface area (Å²) in [6.45, 7) is 5.25. The Morgan fingerprint density at radius 1 is 0.288 bits per heavy atom. The van der Waals surface area contributed by atoms with Crippen molar-refractivity contribution in [2.24, 2.45) is 0 Å². The molecular formula is C96H53Br2ClF2O24. The Morgan fingerprint density at radius 2 is 0.568 bits per heavy atom. The molecule has 0 saturated heterocycles.